The van der Waals surface area contributed by atoms with Gasteiger partial charge in [0.05, 0.1) is 13.7 Å². The highest BCUT2D eigenvalue weighted by molar-refractivity contribution is 5.94. The van der Waals surface area contributed by atoms with E-state index in [0.29, 0.717) is 17.5 Å². The van der Waals surface area contributed by atoms with Gasteiger partial charge < -0.3 is 20.5 Å². The minimum Gasteiger partial charge on any atom is -0.494 e. The van der Waals surface area contributed by atoms with E-state index in [1.807, 2.05) is 24.3 Å². The lowest BCUT2D eigenvalue weighted by Gasteiger charge is -2.21. The molecule has 1 fully saturated rings. The van der Waals surface area contributed by atoms with Crippen molar-refractivity contribution in [2.24, 2.45) is 0 Å². The smallest absolute Gasteiger partial charge is 0.251 e. The molecule has 2 aromatic rings. The van der Waals surface area contributed by atoms with E-state index in [1.54, 1.807) is 12.1 Å². The van der Waals surface area contributed by atoms with Gasteiger partial charge in [0, 0.05) is 24.2 Å². The highest BCUT2D eigenvalue weighted by atomic mass is 19.1. The lowest BCUT2D eigenvalue weighted by Crippen LogP contribution is -2.29. The zero-order valence-electron chi connectivity index (χ0n) is 17.0. The maximum atomic E-state index is 13.6. The van der Waals surface area contributed by atoms with E-state index in [4.69, 9.17) is 9.84 Å². The van der Waals surface area contributed by atoms with Crippen molar-refractivity contribution in [3.63, 3.8) is 0 Å². The molecule has 1 aliphatic carbocycles. The van der Waals surface area contributed by atoms with E-state index in [1.165, 1.54) is 18.7 Å². The maximum absolute atomic E-state index is 13.6. The summed E-state index contributed by atoms with van der Waals surface area (Å²) in [4.78, 5) is 11.9. The summed E-state index contributed by atoms with van der Waals surface area (Å²) in [5, 5.41) is 15.1. The Bertz CT molecular complexity index is 825. The third-order valence-electron chi connectivity index (χ3n) is 5.64. The molecule has 0 heterocycles. The normalized spacial score (nSPS) is 19.7. The number of methoxy groups -OCH3 is 1. The van der Waals surface area contributed by atoms with E-state index in [9.17, 15) is 9.18 Å². The van der Waals surface area contributed by atoms with Gasteiger partial charge in [0.15, 0.2) is 11.6 Å². The van der Waals surface area contributed by atoms with Gasteiger partial charge in [0.1, 0.15) is 0 Å². The molecular formula is C23H29FN2O3. The lowest BCUT2D eigenvalue weighted by molar-refractivity contribution is 0.0944. The molecule has 6 heteroatoms. The van der Waals surface area contributed by atoms with Crippen LogP contribution in [0, 0.1) is 5.82 Å². The van der Waals surface area contributed by atoms with Gasteiger partial charge in [-0.1, -0.05) is 18.2 Å². The average Bonchev–Trinajstić information content (AvgIpc) is 3.20. The molecule has 0 aromatic heterocycles. The van der Waals surface area contributed by atoms with Gasteiger partial charge in [0.25, 0.3) is 5.91 Å². The number of hydrogen-bond donors (Lipinski definition) is 3. The van der Waals surface area contributed by atoms with Gasteiger partial charge in [-0.05, 0) is 67.5 Å². The van der Waals surface area contributed by atoms with Gasteiger partial charge >= 0.3 is 0 Å². The number of carbonyl (C=O) groups is 1. The van der Waals surface area contributed by atoms with Crippen LogP contribution in [0.4, 0.5) is 4.39 Å². The van der Waals surface area contributed by atoms with Crippen LogP contribution < -0.4 is 15.4 Å². The van der Waals surface area contributed by atoms with E-state index in [0.717, 1.165) is 24.8 Å². The molecule has 3 rings (SSSR count). The molecule has 0 bridgehead atoms. The summed E-state index contributed by atoms with van der Waals surface area (Å²) in [7, 11) is 1.48. The first-order chi connectivity index (χ1) is 14.0. The molecule has 0 spiro atoms. The first-order valence-corrected chi connectivity index (χ1v) is 10.1. The fourth-order valence-corrected chi connectivity index (χ4v) is 4.01. The molecule has 2 aromatic carbocycles. The quantitative estimate of drug-likeness (QED) is 0.634. The van der Waals surface area contributed by atoms with Crippen LogP contribution in [-0.2, 0) is 0 Å². The molecule has 1 aliphatic rings. The van der Waals surface area contributed by atoms with Crippen molar-refractivity contribution in [1.29, 1.82) is 0 Å². The second kappa shape index (κ2) is 9.85. The summed E-state index contributed by atoms with van der Waals surface area (Å²) in [6, 6.07) is 13.2. The third kappa shape index (κ3) is 5.34. The van der Waals surface area contributed by atoms with Crippen molar-refractivity contribution in [3.05, 3.63) is 65.0 Å². The number of amides is 1. The fraction of sp³-hybridized carbons (Fsp3) is 0.435. The number of rotatable bonds is 8. The first kappa shape index (κ1) is 21.3. The highest BCUT2D eigenvalue weighted by Crippen LogP contribution is 2.35. The van der Waals surface area contributed by atoms with Gasteiger partial charge in [-0.15, -0.1) is 0 Å². The summed E-state index contributed by atoms with van der Waals surface area (Å²) >= 11 is 0. The maximum Gasteiger partial charge on any atom is 0.251 e. The Balaban J connectivity index is 1.56. The Hall–Kier alpha value is -2.44. The molecule has 0 unspecified atom stereocenters. The van der Waals surface area contributed by atoms with Crippen LogP contribution in [0.25, 0.3) is 0 Å². The zero-order valence-corrected chi connectivity index (χ0v) is 17.0. The molecule has 0 radical (unpaired) electrons. The SMILES string of the molecule is COc1cc([C@@H](C)N[C@H]2CC[C@@H](c3ccc(C(=O)NCCO)cc3)C2)ccc1F. The van der Waals surface area contributed by atoms with Crippen LogP contribution in [0.1, 0.15) is 59.6 Å². The summed E-state index contributed by atoms with van der Waals surface area (Å²) in [6.07, 6.45) is 3.19. The van der Waals surface area contributed by atoms with Crippen molar-refractivity contribution in [3.8, 4) is 5.75 Å². The number of halogens is 1. The highest BCUT2D eigenvalue weighted by Gasteiger charge is 2.27. The second-order valence-electron chi connectivity index (χ2n) is 7.59. The molecule has 29 heavy (non-hydrogen) atoms. The van der Waals surface area contributed by atoms with Crippen LogP contribution in [-0.4, -0.2) is 37.3 Å². The molecular weight excluding hydrogens is 371 g/mol. The number of aliphatic hydroxyl groups excluding tert-OH is 1. The van der Waals surface area contributed by atoms with E-state index in [2.05, 4.69) is 17.6 Å². The van der Waals surface area contributed by atoms with E-state index < -0.39 is 0 Å². The number of hydrogen-bond acceptors (Lipinski definition) is 4. The molecule has 3 N–H and O–H groups in total. The number of nitrogens with one attached hydrogen (secondary N) is 2. The largest absolute Gasteiger partial charge is 0.494 e. The monoisotopic (exact) mass is 400 g/mol. The summed E-state index contributed by atoms with van der Waals surface area (Å²) in [5.41, 5.74) is 2.85. The summed E-state index contributed by atoms with van der Waals surface area (Å²) in [5.74, 6) is 0.207. The van der Waals surface area contributed by atoms with Crippen LogP contribution >= 0.6 is 0 Å². The Morgan fingerprint density at radius 1 is 1.24 bits per heavy atom. The van der Waals surface area contributed by atoms with Crippen LogP contribution in [0.15, 0.2) is 42.5 Å². The average molecular weight is 400 g/mol. The van der Waals surface area contributed by atoms with Gasteiger partial charge in [-0.3, -0.25) is 4.79 Å². The molecule has 0 aliphatic heterocycles. The van der Waals surface area contributed by atoms with Crippen molar-refractivity contribution >= 4 is 5.91 Å². The van der Waals surface area contributed by atoms with Crippen LogP contribution in [0.3, 0.4) is 0 Å². The molecule has 0 saturated heterocycles. The van der Waals surface area contributed by atoms with E-state index in [-0.39, 0.29) is 36.7 Å². The predicted octanol–water partition coefficient (Wildman–Crippen LogP) is 3.54. The topological polar surface area (TPSA) is 70.6 Å². The molecule has 5 nitrogen and oxygen atoms in total. The Labute approximate surface area is 171 Å². The zero-order chi connectivity index (χ0) is 20.8. The van der Waals surface area contributed by atoms with Gasteiger partial charge in [-0.25, -0.2) is 4.39 Å². The minimum atomic E-state index is -0.349. The van der Waals surface area contributed by atoms with Gasteiger partial charge in [-0.2, -0.15) is 0 Å². The van der Waals surface area contributed by atoms with E-state index >= 15 is 0 Å². The van der Waals surface area contributed by atoms with Crippen molar-refractivity contribution in [1.82, 2.24) is 10.6 Å². The Morgan fingerprint density at radius 2 is 2.00 bits per heavy atom. The van der Waals surface area contributed by atoms with Gasteiger partial charge in [0.2, 0.25) is 0 Å². The summed E-state index contributed by atoms with van der Waals surface area (Å²) < 4.78 is 18.7. The van der Waals surface area contributed by atoms with Crippen molar-refractivity contribution < 1.29 is 19.0 Å². The number of carbonyl (C=O) groups excluding carboxylic acids is 1. The van der Waals surface area contributed by atoms with Crippen LogP contribution in [0.5, 0.6) is 5.75 Å². The summed E-state index contributed by atoms with van der Waals surface area (Å²) in [6.45, 7) is 2.28. The fourth-order valence-electron chi connectivity index (χ4n) is 4.01. The number of benzene rings is 2. The van der Waals surface area contributed by atoms with Crippen LogP contribution in [0.2, 0.25) is 0 Å². The Morgan fingerprint density at radius 3 is 2.69 bits per heavy atom. The third-order valence-corrected chi connectivity index (χ3v) is 5.64. The van der Waals surface area contributed by atoms with Crippen molar-refractivity contribution in [2.45, 2.75) is 44.2 Å². The number of ether oxygens (including phenoxy) is 1. The molecule has 3 atom stereocenters. The molecule has 156 valence electrons. The molecule has 1 saturated carbocycles. The number of aliphatic hydroxyl groups is 1. The predicted molar refractivity (Wildman–Crippen MR) is 111 cm³/mol. The first-order valence-electron chi connectivity index (χ1n) is 10.1. The standard InChI is InChI=1S/C23H29FN2O3/c1-15(18-8-10-21(24)22(14-18)29-2)26-20-9-7-19(13-20)16-3-5-17(6-4-16)23(28)25-11-12-27/h3-6,8,10,14-15,19-20,26-27H,7,9,11-13H2,1-2H3,(H,25,28)/t15-,19-,20+/m1/s1. The minimum absolute atomic E-state index is 0.0661. The lowest BCUT2D eigenvalue weighted by atomic mass is 9.96. The Kier molecular flexibility index (Phi) is 7.23. The van der Waals surface area contributed by atoms with Crippen molar-refractivity contribution in [2.75, 3.05) is 20.3 Å². The molecule has 1 amide bonds. The second-order valence-corrected chi connectivity index (χ2v) is 7.59.